The van der Waals surface area contributed by atoms with Gasteiger partial charge >= 0.3 is 5.97 Å². The zero-order valence-electron chi connectivity index (χ0n) is 23.3. The summed E-state index contributed by atoms with van der Waals surface area (Å²) in [7, 11) is -5.41. The Labute approximate surface area is 267 Å². The van der Waals surface area contributed by atoms with Crippen molar-refractivity contribution < 1.29 is 49.8 Å². The maximum Gasteiger partial charge on any atom is 0.339 e. The topological polar surface area (TPSA) is 117 Å². The molecule has 1 fully saturated rings. The molecule has 1 amide bonds. The van der Waals surface area contributed by atoms with Gasteiger partial charge in [-0.3, -0.25) is 9.78 Å². The van der Waals surface area contributed by atoms with Crippen LogP contribution in [0.1, 0.15) is 28.0 Å². The molecule has 1 aliphatic heterocycles. The molecule has 46 heavy (non-hydrogen) atoms. The van der Waals surface area contributed by atoms with E-state index >= 15 is 0 Å². The van der Waals surface area contributed by atoms with Gasteiger partial charge in [0.05, 0.1) is 12.2 Å². The molecule has 0 saturated carbocycles. The molecular formula is C30H21BrF5N3O6S. The van der Waals surface area contributed by atoms with E-state index in [4.69, 9.17) is 4.74 Å². The molecule has 0 radical (unpaired) electrons. The molecule has 0 spiro atoms. The molecule has 0 aliphatic carbocycles. The quantitative estimate of drug-likeness (QED) is 0.125. The normalized spacial score (nSPS) is 14.9. The number of carbonyl (C=O) groups is 2. The Bertz CT molecular complexity index is 1900. The van der Waals surface area contributed by atoms with Crippen LogP contribution >= 0.6 is 15.9 Å². The first-order chi connectivity index (χ1) is 21.8. The van der Waals surface area contributed by atoms with E-state index in [0.29, 0.717) is 20.0 Å². The van der Waals surface area contributed by atoms with Crippen molar-refractivity contribution in [3.05, 3.63) is 117 Å². The highest BCUT2D eigenvalue weighted by Gasteiger charge is 2.48. The second-order valence-electron chi connectivity index (χ2n) is 9.97. The summed E-state index contributed by atoms with van der Waals surface area (Å²) in [5.74, 6) is -15.0. The average Bonchev–Trinajstić information content (AvgIpc) is 3.01. The van der Waals surface area contributed by atoms with Crippen LogP contribution in [-0.2, 0) is 28.0 Å². The number of aromatic carboxylic acids is 1. The van der Waals surface area contributed by atoms with Gasteiger partial charge in [-0.05, 0) is 52.2 Å². The molecule has 4 aromatic rings. The summed E-state index contributed by atoms with van der Waals surface area (Å²) in [6.45, 7) is -0.793. The van der Waals surface area contributed by atoms with Crippen LogP contribution in [0.25, 0.3) is 0 Å². The van der Waals surface area contributed by atoms with Gasteiger partial charge in [0.15, 0.2) is 28.2 Å². The Morgan fingerprint density at radius 2 is 1.61 bits per heavy atom. The lowest BCUT2D eigenvalue weighted by atomic mass is 10.0. The maximum absolute atomic E-state index is 14.5. The van der Waals surface area contributed by atoms with Crippen molar-refractivity contribution in [1.82, 2.24) is 9.29 Å². The minimum absolute atomic E-state index is 0.0383. The van der Waals surface area contributed by atoms with Gasteiger partial charge in [-0.2, -0.15) is 4.31 Å². The van der Waals surface area contributed by atoms with Gasteiger partial charge in [-0.15, -0.1) is 0 Å². The highest BCUT2D eigenvalue weighted by Crippen LogP contribution is 2.36. The molecule has 16 heteroatoms. The zero-order valence-corrected chi connectivity index (χ0v) is 25.7. The van der Waals surface area contributed by atoms with E-state index in [2.05, 4.69) is 20.9 Å². The van der Waals surface area contributed by atoms with Gasteiger partial charge in [0.25, 0.3) is 0 Å². The second kappa shape index (κ2) is 13.1. The summed E-state index contributed by atoms with van der Waals surface area (Å²) in [5, 5.41) is 9.75. The van der Waals surface area contributed by atoms with Crippen LogP contribution in [0.5, 0.6) is 5.75 Å². The van der Waals surface area contributed by atoms with Crippen molar-refractivity contribution in [1.29, 1.82) is 0 Å². The minimum atomic E-state index is -5.41. The second-order valence-corrected chi connectivity index (χ2v) is 12.7. The first-order valence-corrected chi connectivity index (χ1v) is 15.5. The van der Waals surface area contributed by atoms with Crippen LogP contribution in [-0.4, -0.2) is 47.3 Å². The predicted octanol–water partition coefficient (Wildman–Crippen LogP) is 5.81. The molecule has 1 atom stereocenters. The summed E-state index contributed by atoms with van der Waals surface area (Å²) >= 11 is 3.25. The van der Waals surface area contributed by atoms with Crippen LogP contribution in [0.4, 0.5) is 27.6 Å². The van der Waals surface area contributed by atoms with E-state index in [9.17, 15) is 45.1 Å². The Balaban J connectivity index is 1.53. The smallest absolute Gasteiger partial charge is 0.339 e. The number of hydrogen-bond acceptors (Lipinski definition) is 6. The molecule has 3 aromatic carbocycles. The summed E-state index contributed by atoms with van der Waals surface area (Å²) in [4.78, 5) is 29.1. The van der Waals surface area contributed by atoms with Crippen LogP contribution in [0, 0.1) is 29.1 Å². The number of nitrogens with zero attached hydrogens (tertiary/aromatic N) is 3. The van der Waals surface area contributed by atoms with Gasteiger partial charge in [-0.25, -0.2) is 35.2 Å². The number of ether oxygens (including phenoxy) is 1. The first-order valence-electron chi connectivity index (χ1n) is 13.3. The third-order valence-electron chi connectivity index (χ3n) is 7.11. The molecule has 0 bridgehead atoms. The average molecular weight is 726 g/mol. The summed E-state index contributed by atoms with van der Waals surface area (Å²) in [6.07, 6.45) is 1.27. The Morgan fingerprint density at radius 1 is 0.957 bits per heavy atom. The monoisotopic (exact) mass is 725 g/mol. The van der Waals surface area contributed by atoms with Gasteiger partial charge in [0.1, 0.15) is 24.0 Å². The van der Waals surface area contributed by atoms with Crippen LogP contribution < -0.4 is 9.64 Å². The van der Waals surface area contributed by atoms with Gasteiger partial charge in [0.2, 0.25) is 21.7 Å². The molecular weight excluding hydrogens is 705 g/mol. The number of halogens is 6. The Hall–Kier alpha value is -4.41. The number of pyridine rings is 1. The number of anilines is 1. The van der Waals surface area contributed by atoms with E-state index in [1.807, 2.05) is 0 Å². The van der Waals surface area contributed by atoms with E-state index < -0.39 is 68.5 Å². The molecule has 9 nitrogen and oxygen atoms in total. The Kier molecular flexibility index (Phi) is 9.42. The van der Waals surface area contributed by atoms with Crippen LogP contribution in [0.2, 0.25) is 0 Å². The van der Waals surface area contributed by atoms with Crippen molar-refractivity contribution in [2.24, 2.45) is 0 Å². The predicted molar refractivity (Wildman–Crippen MR) is 156 cm³/mol. The lowest BCUT2D eigenvalue weighted by molar-refractivity contribution is -0.125. The number of hydrogen-bond donors (Lipinski definition) is 1. The summed E-state index contributed by atoms with van der Waals surface area (Å²) in [5.41, 5.74) is 0.815. The number of sulfonamides is 1. The molecule has 1 saturated heterocycles. The summed E-state index contributed by atoms with van der Waals surface area (Å²) < 4.78 is 104. The molecule has 0 unspecified atom stereocenters. The lowest BCUT2D eigenvalue weighted by Crippen LogP contribution is -2.59. The van der Waals surface area contributed by atoms with Crippen LogP contribution in [0.15, 0.2) is 76.2 Å². The van der Waals surface area contributed by atoms with E-state index in [1.54, 1.807) is 42.5 Å². The number of amides is 1. The third kappa shape index (κ3) is 6.32. The maximum atomic E-state index is 14.5. The van der Waals surface area contributed by atoms with Crippen LogP contribution in [0.3, 0.4) is 0 Å². The van der Waals surface area contributed by atoms with Gasteiger partial charge < -0.3 is 14.7 Å². The SMILES string of the molecule is O=C(O)c1ccc(N(Cc2ccc(Br)cn2)C(=O)[C@H]2CCN2S(=O)(=O)c2c(F)c(F)c(F)c(F)c2F)cc1OCc1ccccc1. The van der Waals surface area contributed by atoms with Crippen molar-refractivity contribution >= 4 is 43.5 Å². The fraction of sp³-hybridized carbons (Fsp3) is 0.167. The number of carboxylic acid groups (broad SMARTS) is 1. The Morgan fingerprint density at radius 3 is 2.17 bits per heavy atom. The zero-order chi connectivity index (χ0) is 33.3. The molecule has 1 aliphatic rings. The van der Waals surface area contributed by atoms with Gasteiger partial charge in [0, 0.05) is 29.0 Å². The fourth-order valence-electron chi connectivity index (χ4n) is 4.68. The first kappa shape index (κ1) is 33.0. The molecule has 2 heterocycles. The molecule has 1 aromatic heterocycles. The van der Waals surface area contributed by atoms with E-state index in [1.165, 1.54) is 24.4 Å². The molecule has 1 N–H and O–H groups in total. The number of carboxylic acids is 1. The van der Waals surface area contributed by atoms with Crippen molar-refractivity contribution in [3.63, 3.8) is 0 Å². The highest BCUT2D eigenvalue weighted by molar-refractivity contribution is 9.10. The number of benzene rings is 3. The number of rotatable bonds is 10. The number of carbonyl (C=O) groups excluding carboxylic acids is 1. The fourth-order valence-corrected chi connectivity index (χ4v) is 6.65. The van der Waals surface area contributed by atoms with Crippen molar-refractivity contribution in [2.45, 2.75) is 30.5 Å². The highest BCUT2D eigenvalue weighted by atomic mass is 79.9. The lowest BCUT2D eigenvalue weighted by Gasteiger charge is -2.41. The summed E-state index contributed by atoms with van der Waals surface area (Å²) in [6, 6.07) is 14.0. The molecule has 240 valence electrons. The van der Waals surface area contributed by atoms with Crippen molar-refractivity contribution in [3.8, 4) is 5.75 Å². The van der Waals surface area contributed by atoms with E-state index in [0.717, 1.165) is 4.90 Å². The van der Waals surface area contributed by atoms with Gasteiger partial charge in [-0.1, -0.05) is 30.3 Å². The van der Waals surface area contributed by atoms with Crippen molar-refractivity contribution in [2.75, 3.05) is 11.4 Å². The third-order valence-corrected chi connectivity index (χ3v) is 9.51. The minimum Gasteiger partial charge on any atom is -0.488 e. The largest absolute Gasteiger partial charge is 0.488 e. The van der Waals surface area contributed by atoms with E-state index in [-0.39, 0.29) is 36.6 Å². The molecule has 5 rings (SSSR count). The standard InChI is InChI=1S/C30H21BrF5N3O6S/c31-17-6-7-18(37-13-17)14-38(19-8-9-20(30(41)42)22(12-19)45-15-16-4-2-1-3-5-16)29(40)21-10-11-39(21)46(43,44)28-26(35)24(33)23(32)25(34)27(28)36/h1-9,12-13,21H,10-11,14-15H2,(H,41,42)/t21-/m1/s1. The number of aromatic nitrogens is 1.